The minimum Gasteiger partial charge on any atom is -0.299 e. The van der Waals surface area contributed by atoms with Crippen LogP contribution in [0.4, 0.5) is 0 Å². The van der Waals surface area contributed by atoms with Crippen LogP contribution in [0.5, 0.6) is 0 Å². The zero-order valence-corrected chi connectivity index (χ0v) is 7.79. The zero-order valence-electron chi connectivity index (χ0n) is 6.97. The number of thioether (sulfide) groups is 1. The van der Waals surface area contributed by atoms with E-state index in [1.807, 2.05) is 0 Å². The van der Waals surface area contributed by atoms with E-state index >= 15 is 0 Å². The van der Waals surface area contributed by atoms with Crippen LogP contribution in [0.2, 0.25) is 0 Å². The van der Waals surface area contributed by atoms with Gasteiger partial charge in [-0.25, -0.2) is 5.43 Å². The van der Waals surface area contributed by atoms with E-state index in [4.69, 9.17) is 5.41 Å². The second-order valence-electron chi connectivity index (χ2n) is 2.08. The predicted molar refractivity (Wildman–Crippen MR) is 47.7 cm³/mol. The molecular formula is C6H13N3OS. The molecule has 0 saturated carbocycles. The van der Waals surface area contributed by atoms with Gasteiger partial charge in [0.1, 0.15) is 5.78 Å². The average Bonchev–Trinajstić information content (AvgIpc) is 1.98. The van der Waals surface area contributed by atoms with Crippen molar-refractivity contribution in [2.45, 2.75) is 6.92 Å². The van der Waals surface area contributed by atoms with Gasteiger partial charge in [-0.05, 0) is 6.92 Å². The van der Waals surface area contributed by atoms with Crippen LogP contribution >= 0.6 is 11.8 Å². The number of ketones is 1. The van der Waals surface area contributed by atoms with E-state index in [2.05, 4.69) is 5.43 Å². The predicted octanol–water partition coefficient (Wildman–Crippen LogP) is 0.310. The number of hydrazine groups is 1. The number of hydrogen-bond acceptors (Lipinski definition) is 4. The summed E-state index contributed by atoms with van der Waals surface area (Å²) in [5, 5.41) is 9.26. The van der Waals surface area contributed by atoms with E-state index in [1.54, 1.807) is 19.1 Å². The molecule has 2 N–H and O–H groups in total. The molecule has 0 atom stereocenters. The van der Waals surface area contributed by atoms with Crippen molar-refractivity contribution in [3.05, 3.63) is 0 Å². The van der Waals surface area contributed by atoms with Gasteiger partial charge in [-0.3, -0.25) is 15.2 Å². The molecule has 5 heteroatoms. The van der Waals surface area contributed by atoms with Gasteiger partial charge in [-0.15, -0.1) is 0 Å². The van der Waals surface area contributed by atoms with E-state index in [0.29, 0.717) is 10.9 Å². The van der Waals surface area contributed by atoms with Gasteiger partial charge in [0, 0.05) is 14.1 Å². The van der Waals surface area contributed by atoms with Crippen LogP contribution in [0, 0.1) is 5.41 Å². The summed E-state index contributed by atoms with van der Waals surface area (Å²) in [7, 11) is 3.46. The third-order valence-corrected chi connectivity index (χ3v) is 2.15. The summed E-state index contributed by atoms with van der Waals surface area (Å²) < 4.78 is 0. The molecule has 0 aromatic rings. The quantitative estimate of drug-likeness (QED) is 0.368. The molecule has 0 amide bonds. The maximum absolute atomic E-state index is 10.5. The minimum absolute atomic E-state index is 0.0873. The average molecular weight is 175 g/mol. The van der Waals surface area contributed by atoms with Gasteiger partial charge in [-0.1, -0.05) is 11.8 Å². The summed E-state index contributed by atoms with van der Waals surface area (Å²) in [4.78, 5) is 10.5. The van der Waals surface area contributed by atoms with Gasteiger partial charge >= 0.3 is 0 Å². The van der Waals surface area contributed by atoms with Gasteiger partial charge < -0.3 is 0 Å². The topological polar surface area (TPSA) is 56.2 Å². The summed E-state index contributed by atoms with van der Waals surface area (Å²) in [5.74, 6) is 0.453. The molecule has 0 bridgehead atoms. The molecule has 0 aliphatic rings. The Bertz CT molecular complexity index is 160. The molecule has 0 radical (unpaired) electrons. The van der Waals surface area contributed by atoms with Crippen LogP contribution in [0.15, 0.2) is 0 Å². The lowest BCUT2D eigenvalue weighted by Crippen LogP contribution is -2.34. The lowest BCUT2D eigenvalue weighted by molar-refractivity contribution is -0.114. The molecule has 4 nitrogen and oxygen atoms in total. The molecule has 0 aromatic heterocycles. The molecular weight excluding hydrogens is 162 g/mol. The van der Waals surface area contributed by atoms with E-state index < -0.39 is 0 Å². The molecule has 11 heavy (non-hydrogen) atoms. The van der Waals surface area contributed by atoms with Crippen LogP contribution in [0.3, 0.4) is 0 Å². The maximum Gasteiger partial charge on any atom is 0.170 e. The Kier molecular flexibility index (Phi) is 4.89. The fourth-order valence-electron chi connectivity index (χ4n) is 0.368. The number of amidine groups is 1. The van der Waals surface area contributed by atoms with Crippen molar-refractivity contribution in [1.29, 1.82) is 5.41 Å². The highest BCUT2D eigenvalue weighted by molar-refractivity contribution is 8.14. The molecule has 0 rings (SSSR count). The fourth-order valence-corrected chi connectivity index (χ4v) is 0.993. The lowest BCUT2D eigenvalue weighted by atomic mass is 10.5. The Morgan fingerprint density at radius 3 is 2.64 bits per heavy atom. The molecule has 64 valence electrons. The van der Waals surface area contributed by atoms with Crippen molar-refractivity contribution >= 4 is 22.7 Å². The van der Waals surface area contributed by atoms with Crippen molar-refractivity contribution in [1.82, 2.24) is 10.4 Å². The summed E-state index contributed by atoms with van der Waals surface area (Å²) in [5.41, 5.74) is 2.77. The van der Waals surface area contributed by atoms with Gasteiger partial charge in [0.25, 0.3) is 0 Å². The molecule has 0 heterocycles. The van der Waals surface area contributed by atoms with Crippen LogP contribution in [0.25, 0.3) is 0 Å². The summed E-state index contributed by atoms with van der Waals surface area (Å²) >= 11 is 1.21. The molecule has 0 aromatic carbocycles. The number of carbonyl (C=O) groups excluding carboxylic acids is 1. The van der Waals surface area contributed by atoms with E-state index in [9.17, 15) is 4.79 Å². The Morgan fingerprint density at radius 1 is 1.73 bits per heavy atom. The van der Waals surface area contributed by atoms with E-state index in [0.717, 1.165) is 0 Å². The zero-order chi connectivity index (χ0) is 8.85. The number of rotatable bonds is 3. The number of carbonyl (C=O) groups is 1. The first-order valence-corrected chi connectivity index (χ1v) is 4.18. The van der Waals surface area contributed by atoms with Crippen molar-refractivity contribution < 1.29 is 4.79 Å². The van der Waals surface area contributed by atoms with Gasteiger partial charge in [0.05, 0.1) is 5.75 Å². The van der Waals surface area contributed by atoms with Crippen molar-refractivity contribution in [3.8, 4) is 0 Å². The second kappa shape index (κ2) is 5.15. The molecule has 0 fully saturated rings. The summed E-state index contributed by atoms with van der Waals surface area (Å²) in [6.07, 6.45) is 0. The minimum atomic E-state index is 0.0873. The van der Waals surface area contributed by atoms with Crippen LogP contribution in [-0.2, 0) is 4.79 Å². The van der Waals surface area contributed by atoms with Crippen molar-refractivity contribution in [3.63, 3.8) is 0 Å². The normalized spacial score (nSPS) is 9.36. The monoisotopic (exact) mass is 175 g/mol. The maximum atomic E-state index is 10.5. The van der Waals surface area contributed by atoms with E-state index in [-0.39, 0.29) is 5.78 Å². The lowest BCUT2D eigenvalue weighted by Gasteiger charge is -2.16. The van der Waals surface area contributed by atoms with Crippen LogP contribution in [0.1, 0.15) is 6.92 Å². The standard InChI is InChI=1S/C6H13N3OS/c1-5(10)4-11-6(7)9(3)8-2/h7-8H,4H2,1-3H3. The fraction of sp³-hybridized carbons (Fsp3) is 0.667. The Morgan fingerprint density at radius 2 is 2.27 bits per heavy atom. The molecule has 0 spiro atoms. The van der Waals surface area contributed by atoms with Gasteiger partial charge in [0.2, 0.25) is 0 Å². The number of Topliss-reactive ketones (excluding diaryl/α,β-unsaturated/α-hetero) is 1. The first-order chi connectivity index (χ1) is 5.07. The summed E-state index contributed by atoms with van der Waals surface area (Å²) in [6, 6.07) is 0. The summed E-state index contributed by atoms with van der Waals surface area (Å²) in [6.45, 7) is 1.51. The van der Waals surface area contributed by atoms with Crippen LogP contribution < -0.4 is 5.43 Å². The highest BCUT2D eigenvalue weighted by Crippen LogP contribution is 2.03. The van der Waals surface area contributed by atoms with Gasteiger partial charge in [0.15, 0.2) is 5.17 Å². The Labute approximate surface area is 70.8 Å². The molecule has 0 saturated heterocycles. The van der Waals surface area contributed by atoms with Crippen molar-refractivity contribution in [2.75, 3.05) is 19.8 Å². The second-order valence-corrected chi connectivity index (χ2v) is 3.04. The number of nitrogens with one attached hydrogen (secondary N) is 2. The highest BCUT2D eigenvalue weighted by atomic mass is 32.2. The van der Waals surface area contributed by atoms with Crippen molar-refractivity contribution in [2.24, 2.45) is 0 Å². The number of hydrogen-bond donors (Lipinski definition) is 2. The molecule has 0 aliphatic carbocycles. The molecule has 0 unspecified atom stereocenters. The molecule has 0 aliphatic heterocycles. The third-order valence-electron chi connectivity index (χ3n) is 1.05. The first kappa shape index (κ1) is 10.4. The smallest absolute Gasteiger partial charge is 0.170 e. The van der Waals surface area contributed by atoms with Gasteiger partial charge in [-0.2, -0.15) is 0 Å². The Balaban J connectivity index is 3.60. The van der Waals surface area contributed by atoms with Crippen LogP contribution in [-0.4, -0.2) is 35.8 Å². The first-order valence-electron chi connectivity index (χ1n) is 3.19. The third kappa shape index (κ3) is 4.80. The largest absolute Gasteiger partial charge is 0.299 e. The van der Waals surface area contributed by atoms with E-state index in [1.165, 1.54) is 18.7 Å². The Hall–Kier alpha value is -0.550. The highest BCUT2D eigenvalue weighted by Gasteiger charge is 2.03. The number of nitrogens with zero attached hydrogens (tertiary/aromatic N) is 1. The SMILES string of the molecule is CNN(C)C(=N)SCC(C)=O.